The number of carbonyl (C=O) groups excluding carboxylic acids is 3. The van der Waals surface area contributed by atoms with Crippen molar-refractivity contribution in [2.75, 3.05) is 26.2 Å². The summed E-state index contributed by atoms with van der Waals surface area (Å²) in [5.41, 5.74) is 5.24. The third kappa shape index (κ3) is 8.60. The lowest BCUT2D eigenvalue weighted by atomic mass is 9.82. The molecule has 0 radical (unpaired) electrons. The third-order valence-electron chi connectivity index (χ3n) is 10.2. The number of benzene rings is 3. The van der Waals surface area contributed by atoms with Crippen LogP contribution in [-0.2, 0) is 36.8 Å². The number of aryl methyl sites for hydroxylation is 2. The molecule has 0 unspecified atom stereocenters. The molecule has 0 spiro atoms. The maximum Gasteiger partial charge on any atom is 0.337 e. The molecule has 6 rings (SSSR count). The number of carboxylic acid groups (broad SMARTS) is 1. The van der Waals surface area contributed by atoms with Crippen LogP contribution in [-0.4, -0.2) is 101 Å². The van der Waals surface area contributed by atoms with Gasteiger partial charge in [-0.05, 0) is 85.4 Å². The maximum atomic E-state index is 14.8. The summed E-state index contributed by atoms with van der Waals surface area (Å²) in [6, 6.07) is 16.2. The summed E-state index contributed by atoms with van der Waals surface area (Å²) in [5.74, 6) is -7.08. The molecule has 3 aliphatic rings. The number of halogens is 3. The van der Waals surface area contributed by atoms with Gasteiger partial charge in [0, 0.05) is 37.3 Å². The number of hydrogen-bond donors (Lipinski definition) is 3. The van der Waals surface area contributed by atoms with Gasteiger partial charge in [0.2, 0.25) is 11.9 Å². The number of rotatable bonds is 16. The first-order chi connectivity index (χ1) is 26.0. The van der Waals surface area contributed by atoms with Crippen molar-refractivity contribution in [1.82, 2.24) is 15.1 Å². The van der Waals surface area contributed by atoms with Gasteiger partial charge in [-0.1, -0.05) is 48.5 Å². The molecular formula is C40H42F3N3O8. The molecule has 2 aliphatic heterocycles. The number of aliphatic carboxylic acids is 1. The Morgan fingerprint density at radius 3 is 2.41 bits per heavy atom. The van der Waals surface area contributed by atoms with Gasteiger partial charge in [-0.3, -0.25) is 14.4 Å². The van der Waals surface area contributed by atoms with Crippen LogP contribution < -0.4 is 10.1 Å². The van der Waals surface area contributed by atoms with E-state index in [1.165, 1.54) is 4.90 Å². The Hall–Kier alpha value is -5.21. The number of fused-ring (bicyclic) bond motifs is 2. The highest BCUT2D eigenvalue weighted by Gasteiger charge is 2.46. The lowest BCUT2D eigenvalue weighted by molar-refractivity contribution is -0.170. The Labute approximate surface area is 310 Å². The first kappa shape index (κ1) is 38.5. The summed E-state index contributed by atoms with van der Waals surface area (Å²) in [5, 5.41) is 23.0. The highest BCUT2D eigenvalue weighted by Crippen LogP contribution is 2.37. The molecule has 286 valence electrons. The molecule has 2 bridgehead atoms. The van der Waals surface area contributed by atoms with Gasteiger partial charge >= 0.3 is 5.97 Å². The number of nitrogens with zero attached hydrogens (tertiary/aromatic N) is 2. The summed E-state index contributed by atoms with van der Waals surface area (Å²) < 4.78 is 51.4. The van der Waals surface area contributed by atoms with E-state index in [0.717, 1.165) is 46.7 Å². The SMILES string of the molecule is Cc1ccccc1CCN(C(=O)C1=C(c2ccc(CCCOc3c(F)ccc(F)c3F)cc2)C[C@@H]2CN(C(=O)[C@@H](OC=O)[C@H](O)C(=O)O)C[C@H]1N2)C1CC1. The Bertz CT molecular complexity index is 1920. The van der Waals surface area contributed by atoms with E-state index < -0.39 is 53.3 Å². The van der Waals surface area contributed by atoms with E-state index in [1.54, 1.807) is 0 Å². The van der Waals surface area contributed by atoms with Crippen molar-refractivity contribution in [2.24, 2.45) is 0 Å². The Balaban J connectivity index is 1.25. The van der Waals surface area contributed by atoms with Gasteiger partial charge in [-0.25, -0.2) is 13.6 Å². The molecule has 3 aromatic rings. The molecule has 1 saturated carbocycles. The molecule has 14 heteroatoms. The topological polar surface area (TPSA) is 146 Å². The van der Waals surface area contributed by atoms with Crippen molar-refractivity contribution in [2.45, 2.75) is 75.8 Å². The smallest absolute Gasteiger partial charge is 0.337 e. The monoisotopic (exact) mass is 749 g/mol. The van der Waals surface area contributed by atoms with Crippen LogP contribution in [0.4, 0.5) is 13.2 Å². The van der Waals surface area contributed by atoms with Gasteiger partial charge in [0.1, 0.15) is 0 Å². The van der Waals surface area contributed by atoms with E-state index in [0.29, 0.717) is 43.9 Å². The van der Waals surface area contributed by atoms with Crippen LogP contribution in [0.3, 0.4) is 0 Å². The fraction of sp³-hybridized carbons (Fsp3) is 0.400. The standard InChI is InChI=1S/C40H42F3N3O8/c1-23-5-2-3-7-25(23)16-17-46(28-12-13-28)38(49)33-29(19-27-20-45(21-32(33)44-27)39(50)37(54-22-47)35(48)40(51)52)26-10-8-24(9-11-26)6-4-18-53-36-31(42)15-14-30(41)34(36)43/h2-3,5,7-11,14-15,22,27-28,32,35,37,44,48H,4,6,12-13,16-21H2,1H3,(H,51,52)/t27-,32-,35+,37+/m1/s1. The van der Waals surface area contributed by atoms with Gasteiger partial charge < -0.3 is 34.8 Å². The zero-order valence-corrected chi connectivity index (χ0v) is 29.7. The van der Waals surface area contributed by atoms with Crippen LogP contribution >= 0.6 is 0 Å². The highest BCUT2D eigenvalue weighted by atomic mass is 19.2. The number of hydrogen-bond acceptors (Lipinski definition) is 8. The quantitative estimate of drug-likeness (QED) is 0.113. The first-order valence-corrected chi connectivity index (χ1v) is 18.0. The van der Waals surface area contributed by atoms with Crippen molar-refractivity contribution in [3.8, 4) is 5.75 Å². The number of piperazine rings is 1. The number of ether oxygens (including phenoxy) is 2. The molecule has 2 fully saturated rings. The minimum Gasteiger partial charge on any atom is -0.488 e. The van der Waals surface area contributed by atoms with Gasteiger partial charge in [0.05, 0.1) is 12.6 Å². The fourth-order valence-electron chi connectivity index (χ4n) is 7.27. The fourth-order valence-corrected chi connectivity index (χ4v) is 7.27. The van der Waals surface area contributed by atoms with Crippen LogP contribution in [0.2, 0.25) is 0 Å². The van der Waals surface area contributed by atoms with Crippen LogP contribution in [0, 0.1) is 24.4 Å². The number of carbonyl (C=O) groups is 4. The molecule has 11 nitrogen and oxygen atoms in total. The van der Waals surface area contributed by atoms with Gasteiger partial charge in [-0.15, -0.1) is 0 Å². The van der Waals surface area contributed by atoms with Gasteiger partial charge in [0.15, 0.2) is 23.5 Å². The predicted octanol–water partition coefficient (Wildman–Crippen LogP) is 3.97. The molecule has 1 saturated heterocycles. The molecule has 54 heavy (non-hydrogen) atoms. The summed E-state index contributed by atoms with van der Waals surface area (Å²) in [7, 11) is 0. The summed E-state index contributed by atoms with van der Waals surface area (Å²) in [6.07, 6.45) is -0.623. The molecule has 3 N–H and O–H groups in total. The van der Waals surface area contributed by atoms with E-state index in [4.69, 9.17) is 9.47 Å². The van der Waals surface area contributed by atoms with E-state index in [2.05, 4.69) is 5.32 Å². The zero-order chi connectivity index (χ0) is 38.5. The minimum atomic E-state index is -2.27. The lowest BCUT2D eigenvalue weighted by Gasteiger charge is -2.45. The van der Waals surface area contributed by atoms with Gasteiger partial charge in [0.25, 0.3) is 18.3 Å². The molecule has 4 atom stereocenters. The van der Waals surface area contributed by atoms with E-state index in [9.17, 15) is 42.6 Å². The Kier molecular flexibility index (Phi) is 12.0. The molecule has 1 aliphatic carbocycles. The molecule has 2 heterocycles. The second-order valence-corrected chi connectivity index (χ2v) is 13.9. The second kappa shape index (κ2) is 16.9. The van der Waals surface area contributed by atoms with Gasteiger partial charge in [-0.2, -0.15) is 4.39 Å². The van der Waals surface area contributed by atoms with Crippen molar-refractivity contribution in [1.29, 1.82) is 0 Å². The predicted molar refractivity (Wildman–Crippen MR) is 190 cm³/mol. The molecule has 3 aromatic carbocycles. The number of aliphatic hydroxyl groups excluding tert-OH is 1. The largest absolute Gasteiger partial charge is 0.488 e. The normalized spacial score (nSPS) is 19.2. The summed E-state index contributed by atoms with van der Waals surface area (Å²) in [6.45, 7) is 2.46. The average molecular weight is 750 g/mol. The third-order valence-corrected chi connectivity index (χ3v) is 10.2. The number of carboxylic acids is 1. The zero-order valence-electron chi connectivity index (χ0n) is 29.7. The molecule has 0 aromatic heterocycles. The number of aliphatic hydroxyl groups is 1. The van der Waals surface area contributed by atoms with Crippen molar-refractivity contribution in [3.63, 3.8) is 0 Å². The first-order valence-electron chi connectivity index (χ1n) is 18.0. The minimum absolute atomic E-state index is 0.0359. The van der Waals surface area contributed by atoms with Crippen molar-refractivity contribution >= 4 is 29.8 Å². The highest BCUT2D eigenvalue weighted by molar-refractivity contribution is 6.03. The molecular weight excluding hydrogens is 707 g/mol. The van der Waals surface area contributed by atoms with Crippen LogP contribution in [0.15, 0.2) is 66.2 Å². The Morgan fingerprint density at radius 1 is 1.00 bits per heavy atom. The van der Waals surface area contributed by atoms with E-state index in [-0.39, 0.29) is 44.2 Å². The summed E-state index contributed by atoms with van der Waals surface area (Å²) >= 11 is 0. The van der Waals surface area contributed by atoms with Crippen LogP contribution in [0.5, 0.6) is 5.75 Å². The number of nitrogens with one attached hydrogen (secondary N) is 1. The number of amides is 2. The summed E-state index contributed by atoms with van der Waals surface area (Å²) in [4.78, 5) is 54.2. The van der Waals surface area contributed by atoms with Crippen molar-refractivity contribution in [3.05, 3.63) is 106 Å². The lowest BCUT2D eigenvalue weighted by Crippen LogP contribution is -2.64. The maximum absolute atomic E-state index is 14.8. The van der Waals surface area contributed by atoms with E-state index in [1.807, 2.05) is 60.4 Å². The van der Waals surface area contributed by atoms with Crippen molar-refractivity contribution < 1.29 is 52.0 Å². The van der Waals surface area contributed by atoms with E-state index >= 15 is 0 Å². The van der Waals surface area contributed by atoms with Crippen LogP contribution in [0.25, 0.3) is 5.57 Å². The molecule has 2 amide bonds. The second-order valence-electron chi connectivity index (χ2n) is 13.9. The average Bonchev–Trinajstić information content (AvgIpc) is 4.00. The Morgan fingerprint density at radius 2 is 1.72 bits per heavy atom. The van der Waals surface area contributed by atoms with Crippen LogP contribution in [0.1, 0.15) is 47.9 Å².